The van der Waals surface area contributed by atoms with Crippen molar-refractivity contribution < 1.29 is 14.4 Å². The molecule has 1 aromatic rings. The van der Waals surface area contributed by atoms with Crippen molar-refractivity contribution in [3.63, 3.8) is 0 Å². The molecule has 31 heavy (non-hydrogen) atoms. The van der Waals surface area contributed by atoms with E-state index in [0.717, 1.165) is 0 Å². The summed E-state index contributed by atoms with van der Waals surface area (Å²) in [5, 5.41) is 3.62. The molecule has 2 bridgehead atoms. The number of nitrogens with one attached hydrogen (secondary N) is 1. The monoisotopic (exact) mass is 458 g/mol. The first-order valence-corrected chi connectivity index (χ1v) is 12.0. The molecule has 162 valence electrons. The van der Waals surface area contributed by atoms with Gasteiger partial charge in [0.05, 0.1) is 27.6 Å². The molecule has 3 saturated carbocycles. The Morgan fingerprint density at radius 3 is 2.16 bits per heavy atom. The number of nitrogens with zero attached hydrogens (tertiary/aromatic N) is 1. The Kier molecular flexibility index (Phi) is 4.52. The molecule has 1 aliphatic heterocycles. The molecule has 1 saturated heterocycles. The quantitative estimate of drug-likeness (QED) is 0.533. The number of carbonyl (C=O) groups excluding carboxylic acids is 3. The first-order valence-electron chi connectivity index (χ1n) is 11.3. The number of hydrogen-bond donors (Lipinski definition) is 1. The van der Waals surface area contributed by atoms with Crippen LogP contribution in [0.5, 0.6) is 0 Å². The number of allylic oxidation sites excluding steroid dienone is 2. The molecule has 4 fully saturated rings. The third-order valence-corrected chi connectivity index (χ3v) is 9.16. The average molecular weight is 459 g/mol. The molecule has 1 aromatic carbocycles. The molecule has 3 amide bonds. The molecular formula is C24H24Cl2N2O3. The Balaban J connectivity index is 1.12. The minimum Gasteiger partial charge on any atom is -0.324 e. The van der Waals surface area contributed by atoms with Crippen molar-refractivity contribution in [2.45, 2.75) is 38.1 Å². The normalized spacial score (nSPS) is 40.0. The number of imide groups is 1. The van der Waals surface area contributed by atoms with Gasteiger partial charge in [-0.3, -0.25) is 19.3 Å². The Morgan fingerprint density at radius 2 is 1.55 bits per heavy atom. The highest BCUT2D eigenvalue weighted by Crippen LogP contribution is 2.65. The van der Waals surface area contributed by atoms with Crippen LogP contribution in [0, 0.1) is 41.4 Å². The van der Waals surface area contributed by atoms with Crippen LogP contribution in [0.15, 0.2) is 30.4 Å². The first-order chi connectivity index (χ1) is 15.0. The second-order valence-electron chi connectivity index (χ2n) is 9.80. The molecule has 6 atom stereocenters. The summed E-state index contributed by atoms with van der Waals surface area (Å²) in [7, 11) is 0. The molecule has 0 spiro atoms. The largest absolute Gasteiger partial charge is 0.324 e. The summed E-state index contributed by atoms with van der Waals surface area (Å²) in [5.74, 6) is 1.30. The minimum absolute atomic E-state index is 0.0401. The highest BCUT2D eigenvalue weighted by atomic mass is 35.5. The van der Waals surface area contributed by atoms with Gasteiger partial charge in [0.15, 0.2) is 0 Å². The first kappa shape index (κ1) is 19.8. The van der Waals surface area contributed by atoms with Gasteiger partial charge in [0.25, 0.3) is 0 Å². The molecule has 7 rings (SSSR count). The lowest BCUT2D eigenvalue weighted by molar-refractivity contribution is -0.144. The molecule has 5 nitrogen and oxygen atoms in total. The highest BCUT2D eigenvalue weighted by molar-refractivity contribution is 6.44. The van der Waals surface area contributed by atoms with Gasteiger partial charge < -0.3 is 5.32 Å². The van der Waals surface area contributed by atoms with Gasteiger partial charge in [-0.25, -0.2) is 0 Å². The summed E-state index contributed by atoms with van der Waals surface area (Å²) >= 11 is 12.2. The summed E-state index contributed by atoms with van der Waals surface area (Å²) in [6, 6.07) is 5.07. The summed E-state index contributed by atoms with van der Waals surface area (Å²) < 4.78 is 0. The number of hydrogen-bond acceptors (Lipinski definition) is 3. The predicted molar refractivity (Wildman–Crippen MR) is 117 cm³/mol. The molecular weight excluding hydrogens is 435 g/mol. The van der Waals surface area contributed by atoms with Crippen molar-refractivity contribution in [1.82, 2.24) is 4.90 Å². The van der Waals surface area contributed by atoms with E-state index in [0.29, 0.717) is 53.3 Å². The van der Waals surface area contributed by atoms with Crippen molar-refractivity contribution in [3.05, 3.63) is 40.4 Å². The lowest BCUT2D eigenvalue weighted by Gasteiger charge is -2.37. The maximum Gasteiger partial charge on any atom is 0.233 e. The van der Waals surface area contributed by atoms with Gasteiger partial charge in [0.2, 0.25) is 17.7 Å². The van der Waals surface area contributed by atoms with Crippen molar-refractivity contribution in [3.8, 4) is 0 Å². The molecule has 1 heterocycles. The van der Waals surface area contributed by atoms with E-state index < -0.39 is 0 Å². The Labute approximate surface area is 191 Å². The van der Waals surface area contributed by atoms with Gasteiger partial charge in [0, 0.05) is 12.0 Å². The zero-order chi connectivity index (χ0) is 21.4. The number of halogens is 2. The zero-order valence-corrected chi connectivity index (χ0v) is 18.5. The third-order valence-electron chi connectivity index (χ3n) is 8.34. The van der Waals surface area contributed by atoms with Gasteiger partial charge in [-0.2, -0.15) is 0 Å². The van der Waals surface area contributed by atoms with E-state index >= 15 is 0 Å². The van der Waals surface area contributed by atoms with Crippen LogP contribution >= 0.6 is 23.2 Å². The molecule has 0 radical (unpaired) electrons. The number of amides is 3. The van der Waals surface area contributed by atoms with Crippen LogP contribution in [0.2, 0.25) is 10.0 Å². The Bertz CT molecular complexity index is 980. The van der Waals surface area contributed by atoms with Gasteiger partial charge in [-0.05, 0) is 67.9 Å². The van der Waals surface area contributed by atoms with Crippen LogP contribution < -0.4 is 5.32 Å². The number of likely N-dealkylation sites (tertiary alicyclic amines) is 1. The van der Waals surface area contributed by atoms with Crippen LogP contribution in [-0.2, 0) is 14.4 Å². The molecule has 0 aromatic heterocycles. The topological polar surface area (TPSA) is 66.5 Å². The van der Waals surface area contributed by atoms with Gasteiger partial charge in [-0.15, -0.1) is 0 Å². The SMILES string of the molecule is O=C(Nc1cccc(Cl)c1Cl)C1CCC(N2C(=O)C3C4C=CC(C5CC45)C3C2=O)CC1. The second kappa shape index (κ2) is 7.08. The minimum atomic E-state index is -0.160. The number of carbonyl (C=O) groups is 3. The smallest absolute Gasteiger partial charge is 0.233 e. The Morgan fingerprint density at radius 1 is 0.935 bits per heavy atom. The number of anilines is 1. The van der Waals surface area contributed by atoms with E-state index in [-0.39, 0.29) is 53.4 Å². The molecule has 6 aliphatic rings. The van der Waals surface area contributed by atoms with Crippen molar-refractivity contribution in [2.24, 2.45) is 41.4 Å². The van der Waals surface area contributed by atoms with Crippen molar-refractivity contribution in [1.29, 1.82) is 0 Å². The Hall–Kier alpha value is -1.85. The highest BCUT2D eigenvalue weighted by Gasteiger charge is 2.67. The maximum absolute atomic E-state index is 13.3. The fraction of sp³-hybridized carbons (Fsp3) is 0.542. The van der Waals surface area contributed by atoms with Crippen LogP contribution in [0.1, 0.15) is 32.1 Å². The molecule has 7 heteroatoms. The van der Waals surface area contributed by atoms with E-state index in [1.165, 1.54) is 6.42 Å². The maximum atomic E-state index is 13.3. The van der Waals surface area contributed by atoms with Crippen LogP contribution in [-0.4, -0.2) is 28.7 Å². The van der Waals surface area contributed by atoms with Crippen molar-refractivity contribution >= 4 is 46.6 Å². The standard InChI is InChI=1S/C24H24Cl2N2O3/c25-17-2-1-3-18(21(17)26)27-22(29)11-4-6-12(7-5-11)28-23(30)19-13-8-9-14(16-10-15(13)16)20(19)24(28)31/h1-3,8-9,11-16,19-20H,4-7,10H2,(H,27,29). The van der Waals surface area contributed by atoms with E-state index in [1.54, 1.807) is 23.1 Å². The van der Waals surface area contributed by atoms with Crippen LogP contribution in [0.3, 0.4) is 0 Å². The lowest BCUT2D eigenvalue weighted by Crippen LogP contribution is -2.44. The summed E-state index contributed by atoms with van der Waals surface area (Å²) in [6.45, 7) is 0. The van der Waals surface area contributed by atoms with E-state index in [2.05, 4.69) is 17.5 Å². The fourth-order valence-electron chi connectivity index (χ4n) is 6.77. The average Bonchev–Trinajstić information content (AvgIpc) is 3.55. The van der Waals surface area contributed by atoms with Crippen LogP contribution in [0.25, 0.3) is 0 Å². The van der Waals surface area contributed by atoms with Gasteiger partial charge >= 0.3 is 0 Å². The second-order valence-corrected chi connectivity index (χ2v) is 10.6. The molecule has 1 N–H and O–H groups in total. The van der Waals surface area contributed by atoms with E-state index in [1.807, 2.05) is 0 Å². The summed E-state index contributed by atoms with van der Waals surface area (Å²) in [6.07, 6.45) is 8.23. The van der Waals surface area contributed by atoms with Gasteiger partial charge in [0.1, 0.15) is 0 Å². The number of rotatable bonds is 3. The lowest BCUT2D eigenvalue weighted by atomic mass is 9.63. The van der Waals surface area contributed by atoms with E-state index in [4.69, 9.17) is 23.2 Å². The van der Waals surface area contributed by atoms with Crippen LogP contribution in [0.4, 0.5) is 5.69 Å². The van der Waals surface area contributed by atoms with E-state index in [9.17, 15) is 14.4 Å². The number of benzene rings is 1. The molecule has 6 unspecified atom stereocenters. The summed E-state index contributed by atoms with van der Waals surface area (Å²) in [4.78, 5) is 40.9. The zero-order valence-electron chi connectivity index (χ0n) is 17.0. The summed E-state index contributed by atoms with van der Waals surface area (Å²) in [5.41, 5.74) is 0.511. The third kappa shape index (κ3) is 2.92. The molecule has 5 aliphatic carbocycles. The van der Waals surface area contributed by atoms with Crippen molar-refractivity contribution in [2.75, 3.05) is 5.32 Å². The van der Waals surface area contributed by atoms with Gasteiger partial charge in [-0.1, -0.05) is 41.4 Å². The fourth-order valence-corrected chi connectivity index (χ4v) is 7.12. The predicted octanol–water partition coefficient (Wildman–Crippen LogP) is 4.54.